The van der Waals surface area contributed by atoms with E-state index >= 15 is 0 Å². The van der Waals surface area contributed by atoms with Gasteiger partial charge in [-0.1, -0.05) is 0 Å². The molecule has 2 aliphatic rings. The number of aliphatic carboxylic acids is 1. The van der Waals surface area contributed by atoms with Crippen LogP contribution in [0.15, 0.2) is 18.3 Å². The molecule has 0 spiro atoms. The lowest BCUT2D eigenvalue weighted by Crippen LogP contribution is -2.53. The lowest BCUT2D eigenvalue weighted by atomic mass is 9.86. The molecule has 7 heteroatoms. The third-order valence-electron chi connectivity index (χ3n) is 4.27. The fourth-order valence-electron chi connectivity index (χ4n) is 2.76. The Morgan fingerprint density at radius 3 is 2.61 bits per heavy atom. The number of ether oxygens (including phenoxy) is 1. The maximum Gasteiger partial charge on any atom is 0.305 e. The SMILES string of the molecule is O=C(O)CC1(NC(=O)c2ccc(NC3CC3)nc2)CCOCC1. The molecule has 1 aliphatic carbocycles. The van der Waals surface area contributed by atoms with Gasteiger partial charge in [-0.2, -0.15) is 0 Å². The molecular weight excluding hydrogens is 298 g/mol. The first-order chi connectivity index (χ1) is 11.1. The van der Waals surface area contributed by atoms with Crippen LogP contribution in [-0.4, -0.2) is 46.8 Å². The van der Waals surface area contributed by atoms with Gasteiger partial charge >= 0.3 is 5.97 Å². The van der Waals surface area contributed by atoms with Crippen LogP contribution >= 0.6 is 0 Å². The summed E-state index contributed by atoms with van der Waals surface area (Å²) in [6.45, 7) is 0.909. The van der Waals surface area contributed by atoms with Gasteiger partial charge in [0, 0.05) is 25.5 Å². The van der Waals surface area contributed by atoms with Gasteiger partial charge in [0.2, 0.25) is 0 Å². The molecule has 1 saturated carbocycles. The molecule has 3 N–H and O–H groups in total. The summed E-state index contributed by atoms with van der Waals surface area (Å²) in [4.78, 5) is 27.8. The minimum absolute atomic E-state index is 0.100. The minimum atomic E-state index is -0.922. The molecule has 1 amide bonds. The number of carboxylic acids is 1. The van der Waals surface area contributed by atoms with Crippen molar-refractivity contribution >= 4 is 17.7 Å². The highest BCUT2D eigenvalue weighted by molar-refractivity contribution is 5.94. The van der Waals surface area contributed by atoms with Crippen LogP contribution in [0.5, 0.6) is 0 Å². The number of hydrogen-bond acceptors (Lipinski definition) is 5. The minimum Gasteiger partial charge on any atom is -0.481 e. The van der Waals surface area contributed by atoms with E-state index < -0.39 is 11.5 Å². The fraction of sp³-hybridized carbons (Fsp3) is 0.562. The van der Waals surface area contributed by atoms with Gasteiger partial charge in [0.15, 0.2) is 0 Å². The summed E-state index contributed by atoms with van der Waals surface area (Å²) in [7, 11) is 0. The Morgan fingerprint density at radius 1 is 1.30 bits per heavy atom. The van der Waals surface area contributed by atoms with Gasteiger partial charge in [0.25, 0.3) is 5.91 Å². The van der Waals surface area contributed by atoms with Crippen molar-refractivity contribution in [3.63, 3.8) is 0 Å². The van der Waals surface area contributed by atoms with Gasteiger partial charge in [-0.25, -0.2) is 4.98 Å². The molecule has 2 fully saturated rings. The number of carbonyl (C=O) groups excluding carboxylic acids is 1. The highest BCUT2D eigenvalue weighted by Crippen LogP contribution is 2.26. The summed E-state index contributed by atoms with van der Waals surface area (Å²) in [5.74, 6) is -0.455. The number of amides is 1. The Kier molecular flexibility index (Phi) is 4.47. The third-order valence-corrected chi connectivity index (χ3v) is 4.27. The van der Waals surface area contributed by atoms with Crippen LogP contribution in [-0.2, 0) is 9.53 Å². The van der Waals surface area contributed by atoms with E-state index in [1.54, 1.807) is 12.1 Å². The molecule has 0 radical (unpaired) electrons. The number of rotatable bonds is 6. The monoisotopic (exact) mass is 319 g/mol. The molecule has 1 aromatic heterocycles. The summed E-state index contributed by atoms with van der Waals surface area (Å²) in [5.41, 5.74) is -0.311. The summed E-state index contributed by atoms with van der Waals surface area (Å²) < 4.78 is 5.29. The molecule has 124 valence electrons. The fourth-order valence-corrected chi connectivity index (χ4v) is 2.76. The molecule has 7 nitrogen and oxygen atoms in total. The maximum absolute atomic E-state index is 12.4. The van der Waals surface area contributed by atoms with Crippen LogP contribution < -0.4 is 10.6 Å². The van der Waals surface area contributed by atoms with Crippen LogP contribution in [0.4, 0.5) is 5.82 Å². The molecule has 0 bridgehead atoms. The summed E-state index contributed by atoms with van der Waals surface area (Å²) in [5, 5.41) is 15.3. The number of carbonyl (C=O) groups is 2. The van der Waals surface area contributed by atoms with Crippen molar-refractivity contribution in [2.75, 3.05) is 18.5 Å². The predicted octanol–water partition coefficient (Wildman–Crippen LogP) is 1.41. The van der Waals surface area contributed by atoms with E-state index in [9.17, 15) is 9.59 Å². The topological polar surface area (TPSA) is 101 Å². The average Bonchev–Trinajstić information content (AvgIpc) is 3.32. The van der Waals surface area contributed by atoms with E-state index in [1.165, 1.54) is 6.20 Å². The largest absolute Gasteiger partial charge is 0.481 e. The first-order valence-corrected chi connectivity index (χ1v) is 7.91. The van der Waals surface area contributed by atoms with Crippen molar-refractivity contribution < 1.29 is 19.4 Å². The molecule has 1 saturated heterocycles. The second kappa shape index (κ2) is 6.54. The Balaban J connectivity index is 1.66. The Bertz CT molecular complexity index is 577. The zero-order valence-corrected chi connectivity index (χ0v) is 12.9. The number of aromatic nitrogens is 1. The average molecular weight is 319 g/mol. The highest BCUT2D eigenvalue weighted by atomic mass is 16.5. The van der Waals surface area contributed by atoms with Crippen LogP contribution in [0.3, 0.4) is 0 Å². The lowest BCUT2D eigenvalue weighted by molar-refractivity contribution is -0.139. The molecule has 3 rings (SSSR count). The number of anilines is 1. The smallest absolute Gasteiger partial charge is 0.305 e. The summed E-state index contributed by atoms with van der Waals surface area (Å²) in [6.07, 6.45) is 4.73. The van der Waals surface area contributed by atoms with Gasteiger partial charge in [0.1, 0.15) is 5.82 Å². The quantitative estimate of drug-likeness (QED) is 0.733. The standard InChI is InChI=1S/C16H21N3O4/c20-14(21)9-16(5-7-23-8-6-16)19-15(22)11-1-4-13(17-10-11)18-12-2-3-12/h1,4,10,12H,2-3,5-9H2,(H,17,18)(H,19,22)(H,20,21). The van der Waals surface area contributed by atoms with Crippen LogP contribution in [0.1, 0.15) is 42.5 Å². The van der Waals surface area contributed by atoms with E-state index in [0.717, 1.165) is 18.7 Å². The molecule has 23 heavy (non-hydrogen) atoms. The zero-order valence-electron chi connectivity index (χ0n) is 12.9. The van der Waals surface area contributed by atoms with Crippen LogP contribution in [0.25, 0.3) is 0 Å². The molecule has 0 atom stereocenters. The highest BCUT2D eigenvalue weighted by Gasteiger charge is 2.36. The van der Waals surface area contributed by atoms with E-state index in [1.807, 2.05) is 0 Å². The normalized spacial score (nSPS) is 19.8. The van der Waals surface area contributed by atoms with Gasteiger partial charge in [-0.3, -0.25) is 9.59 Å². The Labute approximate surface area is 134 Å². The predicted molar refractivity (Wildman–Crippen MR) is 83.4 cm³/mol. The second-order valence-corrected chi connectivity index (χ2v) is 6.27. The van der Waals surface area contributed by atoms with E-state index in [-0.39, 0.29) is 12.3 Å². The second-order valence-electron chi connectivity index (χ2n) is 6.27. The molecular formula is C16H21N3O4. The number of carboxylic acid groups (broad SMARTS) is 1. The number of hydrogen-bond donors (Lipinski definition) is 3. The van der Waals surface area contributed by atoms with E-state index in [0.29, 0.717) is 37.7 Å². The first-order valence-electron chi connectivity index (χ1n) is 7.91. The van der Waals surface area contributed by atoms with Gasteiger partial charge in [-0.15, -0.1) is 0 Å². The van der Waals surface area contributed by atoms with Gasteiger partial charge in [0.05, 0.1) is 17.5 Å². The molecule has 0 aromatic carbocycles. The van der Waals surface area contributed by atoms with Crippen molar-refractivity contribution in [2.45, 2.75) is 43.7 Å². The van der Waals surface area contributed by atoms with Crippen molar-refractivity contribution in [3.8, 4) is 0 Å². The Hall–Kier alpha value is -2.15. The first kappa shape index (κ1) is 15.7. The van der Waals surface area contributed by atoms with Gasteiger partial charge < -0.3 is 20.5 Å². The number of nitrogens with zero attached hydrogens (tertiary/aromatic N) is 1. The van der Waals surface area contributed by atoms with Crippen LogP contribution in [0, 0.1) is 0 Å². The van der Waals surface area contributed by atoms with Gasteiger partial charge in [-0.05, 0) is 37.8 Å². The van der Waals surface area contributed by atoms with Crippen LogP contribution in [0.2, 0.25) is 0 Å². The lowest BCUT2D eigenvalue weighted by Gasteiger charge is -2.36. The number of pyridine rings is 1. The molecule has 1 aromatic rings. The third kappa shape index (κ3) is 4.19. The van der Waals surface area contributed by atoms with Crippen molar-refractivity contribution in [2.24, 2.45) is 0 Å². The van der Waals surface area contributed by atoms with E-state index in [4.69, 9.17) is 9.84 Å². The molecule has 2 heterocycles. The molecule has 1 aliphatic heterocycles. The zero-order chi connectivity index (χ0) is 16.3. The van der Waals surface area contributed by atoms with Crippen molar-refractivity contribution in [1.29, 1.82) is 0 Å². The summed E-state index contributed by atoms with van der Waals surface area (Å²) in [6, 6.07) is 3.99. The summed E-state index contributed by atoms with van der Waals surface area (Å²) >= 11 is 0. The van der Waals surface area contributed by atoms with Crippen molar-refractivity contribution in [1.82, 2.24) is 10.3 Å². The van der Waals surface area contributed by atoms with E-state index in [2.05, 4.69) is 15.6 Å². The number of nitrogens with one attached hydrogen (secondary N) is 2. The van der Waals surface area contributed by atoms with Crippen molar-refractivity contribution in [3.05, 3.63) is 23.9 Å². The molecule has 0 unspecified atom stereocenters. The maximum atomic E-state index is 12.4. The Morgan fingerprint density at radius 2 is 2.04 bits per heavy atom.